The van der Waals surface area contributed by atoms with Gasteiger partial charge >= 0.3 is 0 Å². The van der Waals surface area contributed by atoms with Crippen molar-refractivity contribution >= 4 is 0 Å². The fourth-order valence-electron chi connectivity index (χ4n) is 5.65. The molecule has 0 aromatic carbocycles. The predicted octanol–water partition coefficient (Wildman–Crippen LogP) is 6.87. The van der Waals surface area contributed by atoms with E-state index in [4.69, 9.17) is 4.74 Å². The van der Waals surface area contributed by atoms with E-state index in [1.165, 1.54) is 77.0 Å². The Kier molecular flexibility index (Phi) is 5.43. The Morgan fingerprint density at radius 3 is 2.39 bits per heavy atom. The van der Waals surface area contributed by atoms with Crippen LogP contribution in [0.5, 0.6) is 0 Å². The lowest BCUT2D eigenvalue weighted by Crippen LogP contribution is -2.46. The monoisotopic (exact) mass is 318 g/mol. The molecule has 132 valence electrons. The van der Waals surface area contributed by atoms with Crippen molar-refractivity contribution in [2.75, 3.05) is 0 Å². The van der Waals surface area contributed by atoms with E-state index in [-0.39, 0.29) is 5.60 Å². The lowest BCUT2D eigenvalue weighted by atomic mass is 9.64. The first-order valence-corrected chi connectivity index (χ1v) is 10.4. The topological polar surface area (TPSA) is 9.23 Å². The highest BCUT2D eigenvalue weighted by Crippen LogP contribution is 2.50. The van der Waals surface area contributed by atoms with Gasteiger partial charge in [0.2, 0.25) is 0 Å². The molecule has 1 heterocycles. The first kappa shape index (κ1) is 17.4. The second kappa shape index (κ2) is 7.19. The van der Waals surface area contributed by atoms with Gasteiger partial charge in [0, 0.05) is 5.92 Å². The summed E-state index contributed by atoms with van der Waals surface area (Å²) >= 11 is 0. The molecule has 1 aliphatic heterocycles. The van der Waals surface area contributed by atoms with E-state index in [0.717, 1.165) is 11.8 Å². The van der Waals surface area contributed by atoms with Gasteiger partial charge in [-0.1, -0.05) is 52.9 Å². The van der Waals surface area contributed by atoms with Crippen LogP contribution in [-0.2, 0) is 4.74 Å². The Labute approximate surface area is 144 Å². The average Bonchev–Trinajstić information content (AvgIpc) is 2.98. The van der Waals surface area contributed by atoms with Crippen LogP contribution in [0.25, 0.3) is 0 Å². The molecular formula is C22H38O. The minimum Gasteiger partial charge on any atom is -0.494 e. The molecule has 0 aromatic rings. The van der Waals surface area contributed by atoms with E-state index in [9.17, 15) is 0 Å². The molecule has 2 aliphatic carbocycles. The Morgan fingerprint density at radius 2 is 1.57 bits per heavy atom. The number of hydrogen-bond acceptors (Lipinski definition) is 1. The highest BCUT2D eigenvalue weighted by atomic mass is 16.5. The summed E-state index contributed by atoms with van der Waals surface area (Å²) in [4.78, 5) is 0. The lowest BCUT2D eigenvalue weighted by molar-refractivity contribution is -0.0766. The van der Waals surface area contributed by atoms with E-state index >= 15 is 0 Å². The molecule has 4 atom stereocenters. The van der Waals surface area contributed by atoms with Crippen molar-refractivity contribution in [1.82, 2.24) is 0 Å². The van der Waals surface area contributed by atoms with Gasteiger partial charge in [-0.3, -0.25) is 0 Å². The smallest absolute Gasteiger partial charge is 0.117 e. The van der Waals surface area contributed by atoms with Crippen LogP contribution in [-0.4, -0.2) is 5.60 Å². The van der Waals surface area contributed by atoms with Crippen molar-refractivity contribution in [1.29, 1.82) is 0 Å². The molecule has 0 N–H and O–H groups in total. The molecule has 2 saturated carbocycles. The molecule has 0 spiro atoms. The van der Waals surface area contributed by atoms with Gasteiger partial charge in [-0.2, -0.15) is 0 Å². The summed E-state index contributed by atoms with van der Waals surface area (Å²) in [6.07, 6.45) is 21.2. The van der Waals surface area contributed by atoms with Gasteiger partial charge in [-0.25, -0.2) is 0 Å². The van der Waals surface area contributed by atoms with Gasteiger partial charge in [-0.15, -0.1) is 0 Å². The second-order valence-corrected chi connectivity index (χ2v) is 9.25. The van der Waals surface area contributed by atoms with E-state index in [0.29, 0.717) is 11.3 Å². The van der Waals surface area contributed by atoms with Gasteiger partial charge in [-0.05, 0) is 68.3 Å². The molecule has 0 amide bonds. The van der Waals surface area contributed by atoms with Crippen LogP contribution in [0.1, 0.15) is 97.8 Å². The molecule has 0 radical (unpaired) electrons. The highest BCUT2D eigenvalue weighted by molar-refractivity contribution is 5.10. The SMILES string of the molecule is CC(C)C1(C)CCCCCC(C23CCCCC2C=CO3)CCC1. The van der Waals surface area contributed by atoms with E-state index in [1.807, 2.05) is 6.26 Å². The van der Waals surface area contributed by atoms with Crippen LogP contribution in [0, 0.1) is 23.2 Å². The zero-order valence-corrected chi connectivity index (χ0v) is 15.8. The molecule has 1 heteroatoms. The molecule has 1 nitrogen and oxygen atoms in total. The van der Waals surface area contributed by atoms with Crippen LogP contribution in [0.4, 0.5) is 0 Å². The van der Waals surface area contributed by atoms with Crippen LogP contribution in [0.2, 0.25) is 0 Å². The van der Waals surface area contributed by atoms with E-state index in [1.54, 1.807) is 0 Å². The maximum atomic E-state index is 6.37. The van der Waals surface area contributed by atoms with E-state index < -0.39 is 0 Å². The first-order valence-electron chi connectivity index (χ1n) is 10.4. The number of rotatable bonds is 2. The van der Waals surface area contributed by atoms with Gasteiger partial charge in [0.1, 0.15) is 5.60 Å². The number of ether oxygens (including phenoxy) is 1. The fraction of sp³-hybridized carbons (Fsp3) is 0.909. The first-order chi connectivity index (χ1) is 11.1. The van der Waals surface area contributed by atoms with Crippen LogP contribution >= 0.6 is 0 Å². The third-order valence-electron chi connectivity index (χ3n) is 7.74. The molecule has 23 heavy (non-hydrogen) atoms. The lowest BCUT2D eigenvalue weighted by Gasteiger charge is -2.45. The fourth-order valence-corrected chi connectivity index (χ4v) is 5.65. The molecule has 4 unspecified atom stereocenters. The van der Waals surface area contributed by atoms with Crippen molar-refractivity contribution in [3.63, 3.8) is 0 Å². The Hall–Kier alpha value is -0.460. The van der Waals surface area contributed by atoms with Crippen LogP contribution in [0.15, 0.2) is 12.3 Å². The molecular weight excluding hydrogens is 280 g/mol. The van der Waals surface area contributed by atoms with Gasteiger partial charge in [0.25, 0.3) is 0 Å². The standard InChI is InChI=1S/C22H38O/c1-18(2)21(3)14-7-4-5-10-19(12-9-15-21)22-16-8-6-11-20(22)13-17-23-22/h13,17-20H,4-12,14-16H2,1-3H3. The zero-order valence-electron chi connectivity index (χ0n) is 15.8. The molecule has 0 aromatic heterocycles. The van der Waals surface area contributed by atoms with Crippen molar-refractivity contribution in [3.8, 4) is 0 Å². The quantitative estimate of drug-likeness (QED) is 0.539. The number of fused-ring (bicyclic) bond motifs is 1. The van der Waals surface area contributed by atoms with Crippen molar-refractivity contribution in [2.24, 2.45) is 23.2 Å². The number of hydrogen-bond donors (Lipinski definition) is 0. The van der Waals surface area contributed by atoms with Crippen molar-refractivity contribution < 1.29 is 4.74 Å². The molecule has 0 saturated heterocycles. The molecule has 3 aliphatic rings. The van der Waals surface area contributed by atoms with Crippen LogP contribution in [0.3, 0.4) is 0 Å². The third-order valence-corrected chi connectivity index (χ3v) is 7.74. The summed E-state index contributed by atoms with van der Waals surface area (Å²) in [6, 6.07) is 0. The van der Waals surface area contributed by atoms with Crippen molar-refractivity contribution in [2.45, 2.75) is 103 Å². The Balaban J connectivity index is 1.70. The van der Waals surface area contributed by atoms with Gasteiger partial charge in [0.15, 0.2) is 0 Å². The molecule has 3 rings (SSSR count). The Bertz CT molecular complexity index is 412. The Morgan fingerprint density at radius 1 is 0.870 bits per heavy atom. The summed E-state index contributed by atoms with van der Waals surface area (Å²) in [6.45, 7) is 7.41. The van der Waals surface area contributed by atoms with Gasteiger partial charge in [0.05, 0.1) is 6.26 Å². The maximum Gasteiger partial charge on any atom is 0.117 e. The normalized spacial score (nSPS) is 42.3. The second-order valence-electron chi connectivity index (χ2n) is 9.25. The summed E-state index contributed by atoms with van der Waals surface area (Å²) in [5.74, 6) is 2.31. The molecule has 0 bridgehead atoms. The minimum absolute atomic E-state index is 0.186. The minimum atomic E-state index is 0.186. The zero-order chi connectivity index (χ0) is 16.3. The summed E-state index contributed by atoms with van der Waals surface area (Å²) in [5.41, 5.74) is 0.742. The predicted molar refractivity (Wildman–Crippen MR) is 98.3 cm³/mol. The van der Waals surface area contributed by atoms with E-state index in [2.05, 4.69) is 26.8 Å². The van der Waals surface area contributed by atoms with Crippen LogP contribution < -0.4 is 0 Å². The average molecular weight is 319 g/mol. The summed E-state index contributed by atoms with van der Waals surface area (Å²) < 4.78 is 6.37. The summed E-state index contributed by atoms with van der Waals surface area (Å²) in [5, 5.41) is 0. The summed E-state index contributed by atoms with van der Waals surface area (Å²) in [7, 11) is 0. The maximum absolute atomic E-state index is 6.37. The third kappa shape index (κ3) is 3.49. The highest BCUT2D eigenvalue weighted by Gasteiger charge is 2.49. The largest absolute Gasteiger partial charge is 0.494 e. The van der Waals surface area contributed by atoms with Crippen molar-refractivity contribution in [3.05, 3.63) is 12.3 Å². The molecule has 2 fully saturated rings. The van der Waals surface area contributed by atoms with Gasteiger partial charge < -0.3 is 4.74 Å².